The number of aromatic nitrogens is 3. The average Bonchev–Trinajstić information content (AvgIpc) is 2.50. The summed E-state index contributed by atoms with van der Waals surface area (Å²) < 4.78 is 1.80. The molecule has 0 aliphatic rings. The normalized spacial score (nSPS) is 10.5. The molecule has 2 aromatic heterocycles. The van der Waals surface area contributed by atoms with Gasteiger partial charge in [-0.05, 0) is 19.1 Å². The summed E-state index contributed by atoms with van der Waals surface area (Å²) >= 11 is 5.90. The third-order valence-corrected chi connectivity index (χ3v) is 2.55. The van der Waals surface area contributed by atoms with Crippen LogP contribution >= 0.6 is 11.6 Å². The molecule has 2 rings (SSSR count). The van der Waals surface area contributed by atoms with Crippen LogP contribution in [0.5, 0.6) is 0 Å². The van der Waals surface area contributed by atoms with E-state index in [0.29, 0.717) is 17.4 Å². The first kappa shape index (κ1) is 9.98. The van der Waals surface area contributed by atoms with Crippen molar-refractivity contribution in [2.24, 2.45) is 0 Å². The maximum atomic E-state index is 5.90. The summed E-state index contributed by atoms with van der Waals surface area (Å²) in [6, 6.07) is 5.54. The van der Waals surface area contributed by atoms with E-state index in [1.165, 1.54) is 0 Å². The lowest BCUT2D eigenvalue weighted by molar-refractivity contribution is 0.653. The van der Waals surface area contributed by atoms with Gasteiger partial charge in [0.1, 0.15) is 5.82 Å². The van der Waals surface area contributed by atoms with E-state index >= 15 is 0 Å². The molecule has 0 spiro atoms. The van der Waals surface area contributed by atoms with Crippen molar-refractivity contribution in [2.45, 2.75) is 13.5 Å². The molecule has 0 amide bonds. The minimum Gasteiger partial charge on any atom is -0.384 e. The van der Waals surface area contributed by atoms with E-state index in [4.69, 9.17) is 17.3 Å². The second-order valence-electron chi connectivity index (χ2n) is 3.29. The average molecular weight is 223 g/mol. The number of anilines is 1. The molecule has 78 valence electrons. The zero-order valence-corrected chi connectivity index (χ0v) is 9.07. The topological polar surface area (TPSA) is 56.7 Å². The Labute approximate surface area is 92.7 Å². The smallest absolute Gasteiger partial charge is 0.123 e. The Morgan fingerprint density at radius 1 is 1.47 bits per heavy atom. The van der Waals surface area contributed by atoms with Gasteiger partial charge in [-0.3, -0.25) is 4.68 Å². The monoisotopic (exact) mass is 222 g/mol. The molecule has 0 aromatic carbocycles. The quantitative estimate of drug-likeness (QED) is 0.844. The molecule has 0 saturated heterocycles. The van der Waals surface area contributed by atoms with Crippen LogP contribution in [-0.2, 0) is 6.54 Å². The van der Waals surface area contributed by atoms with Gasteiger partial charge in [0.05, 0.1) is 29.2 Å². The fraction of sp³-hybridized carbons (Fsp3) is 0.200. The van der Waals surface area contributed by atoms with E-state index in [1.54, 1.807) is 16.9 Å². The molecule has 15 heavy (non-hydrogen) atoms. The zero-order chi connectivity index (χ0) is 10.8. The van der Waals surface area contributed by atoms with Gasteiger partial charge in [0.2, 0.25) is 0 Å². The Bertz CT molecular complexity index is 478. The van der Waals surface area contributed by atoms with E-state index in [0.717, 1.165) is 11.4 Å². The highest BCUT2D eigenvalue weighted by Crippen LogP contribution is 2.14. The molecule has 2 heterocycles. The van der Waals surface area contributed by atoms with E-state index in [9.17, 15) is 0 Å². The third kappa shape index (κ3) is 2.10. The van der Waals surface area contributed by atoms with Gasteiger partial charge in [0, 0.05) is 0 Å². The Morgan fingerprint density at radius 2 is 2.27 bits per heavy atom. The maximum Gasteiger partial charge on any atom is 0.123 e. The molecule has 0 saturated carbocycles. The lowest BCUT2D eigenvalue weighted by atomic mass is 10.3. The number of nitrogens with zero attached hydrogens (tertiary/aromatic N) is 3. The number of pyridine rings is 1. The standard InChI is InChI=1S/C10H11ClN4/c1-7-9(11)5-13-15(7)6-8-3-2-4-10(12)14-8/h2-5H,6H2,1H3,(H2,12,14). The summed E-state index contributed by atoms with van der Waals surface area (Å²) in [5.74, 6) is 0.517. The molecule has 0 aliphatic carbocycles. The molecule has 5 heteroatoms. The van der Waals surface area contributed by atoms with Crippen LogP contribution in [0.25, 0.3) is 0 Å². The van der Waals surface area contributed by atoms with E-state index in [-0.39, 0.29) is 0 Å². The summed E-state index contributed by atoms with van der Waals surface area (Å²) in [4.78, 5) is 4.19. The van der Waals surface area contributed by atoms with E-state index in [2.05, 4.69) is 10.1 Å². The Morgan fingerprint density at radius 3 is 2.87 bits per heavy atom. The Hall–Kier alpha value is -1.55. The van der Waals surface area contributed by atoms with Gasteiger partial charge in [-0.15, -0.1) is 0 Å². The predicted molar refractivity (Wildman–Crippen MR) is 59.7 cm³/mol. The zero-order valence-electron chi connectivity index (χ0n) is 8.31. The Kier molecular flexibility index (Phi) is 2.60. The SMILES string of the molecule is Cc1c(Cl)cnn1Cc1cccc(N)n1. The van der Waals surface area contributed by atoms with Crippen LogP contribution in [0.15, 0.2) is 24.4 Å². The predicted octanol–water partition coefficient (Wildman–Crippen LogP) is 1.87. The molecular weight excluding hydrogens is 212 g/mol. The van der Waals surface area contributed by atoms with E-state index < -0.39 is 0 Å². The molecule has 0 aliphatic heterocycles. The molecule has 0 radical (unpaired) electrons. The lowest BCUT2D eigenvalue weighted by Gasteiger charge is -2.04. The van der Waals surface area contributed by atoms with Crippen LogP contribution < -0.4 is 5.73 Å². The first-order valence-corrected chi connectivity index (χ1v) is 4.94. The summed E-state index contributed by atoms with van der Waals surface area (Å²) in [5.41, 5.74) is 7.39. The summed E-state index contributed by atoms with van der Waals surface area (Å²) in [6.07, 6.45) is 1.63. The molecule has 2 N–H and O–H groups in total. The number of rotatable bonds is 2. The summed E-state index contributed by atoms with van der Waals surface area (Å²) in [7, 11) is 0. The van der Waals surface area contributed by atoms with Crippen molar-refractivity contribution in [3.05, 3.63) is 40.8 Å². The number of nitrogen functional groups attached to an aromatic ring is 1. The van der Waals surface area contributed by atoms with E-state index in [1.807, 2.05) is 19.1 Å². The van der Waals surface area contributed by atoms with Gasteiger partial charge in [-0.25, -0.2) is 4.98 Å². The van der Waals surface area contributed by atoms with Crippen LogP contribution in [-0.4, -0.2) is 14.8 Å². The summed E-state index contributed by atoms with van der Waals surface area (Å²) in [5, 5.41) is 4.81. The first-order chi connectivity index (χ1) is 7.16. The van der Waals surface area contributed by atoms with Crippen LogP contribution in [0.2, 0.25) is 5.02 Å². The van der Waals surface area contributed by atoms with Crippen molar-refractivity contribution in [1.82, 2.24) is 14.8 Å². The second-order valence-corrected chi connectivity index (χ2v) is 3.70. The van der Waals surface area contributed by atoms with Crippen LogP contribution in [0.3, 0.4) is 0 Å². The van der Waals surface area contributed by atoms with Gasteiger partial charge < -0.3 is 5.73 Å². The molecule has 0 fully saturated rings. The minimum atomic E-state index is 0.517. The van der Waals surface area contributed by atoms with Crippen molar-refractivity contribution >= 4 is 17.4 Å². The van der Waals surface area contributed by atoms with Crippen molar-refractivity contribution in [1.29, 1.82) is 0 Å². The number of nitrogens with two attached hydrogens (primary N) is 1. The van der Waals surface area contributed by atoms with Crippen LogP contribution in [0, 0.1) is 6.92 Å². The fourth-order valence-corrected chi connectivity index (χ4v) is 1.46. The van der Waals surface area contributed by atoms with Crippen molar-refractivity contribution in [3.63, 3.8) is 0 Å². The van der Waals surface area contributed by atoms with Gasteiger partial charge >= 0.3 is 0 Å². The van der Waals surface area contributed by atoms with Crippen molar-refractivity contribution < 1.29 is 0 Å². The molecule has 2 aromatic rings. The van der Waals surface area contributed by atoms with Crippen LogP contribution in [0.4, 0.5) is 5.82 Å². The molecular formula is C10H11ClN4. The molecule has 0 unspecified atom stereocenters. The van der Waals surface area contributed by atoms with Crippen molar-refractivity contribution in [2.75, 3.05) is 5.73 Å². The highest BCUT2D eigenvalue weighted by atomic mass is 35.5. The van der Waals surface area contributed by atoms with Crippen molar-refractivity contribution in [3.8, 4) is 0 Å². The lowest BCUT2D eigenvalue weighted by Crippen LogP contribution is -2.06. The molecule has 0 atom stereocenters. The highest BCUT2D eigenvalue weighted by Gasteiger charge is 2.04. The maximum absolute atomic E-state index is 5.90. The number of hydrogen-bond acceptors (Lipinski definition) is 3. The Balaban J connectivity index is 2.26. The third-order valence-electron chi connectivity index (χ3n) is 2.18. The largest absolute Gasteiger partial charge is 0.384 e. The molecule has 0 bridgehead atoms. The second kappa shape index (κ2) is 3.90. The minimum absolute atomic E-state index is 0.517. The van der Waals surface area contributed by atoms with Gasteiger partial charge in [0.15, 0.2) is 0 Å². The van der Waals surface area contributed by atoms with Gasteiger partial charge in [-0.1, -0.05) is 17.7 Å². The highest BCUT2D eigenvalue weighted by molar-refractivity contribution is 6.31. The van der Waals surface area contributed by atoms with Crippen LogP contribution in [0.1, 0.15) is 11.4 Å². The van der Waals surface area contributed by atoms with Gasteiger partial charge in [-0.2, -0.15) is 5.10 Å². The number of halogens is 1. The number of hydrogen-bond donors (Lipinski definition) is 1. The van der Waals surface area contributed by atoms with Gasteiger partial charge in [0.25, 0.3) is 0 Å². The summed E-state index contributed by atoms with van der Waals surface area (Å²) in [6.45, 7) is 2.51. The molecule has 4 nitrogen and oxygen atoms in total. The fourth-order valence-electron chi connectivity index (χ4n) is 1.32. The first-order valence-electron chi connectivity index (χ1n) is 4.56.